The maximum atomic E-state index is 2.31. The van der Waals surface area contributed by atoms with Crippen LogP contribution in [0.1, 0.15) is 0 Å². The zero-order chi connectivity index (χ0) is 6.97. The number of aryl methyl sites for hydroxylation is 1. The van der Waals surface area contributed by atoms with E-state index in [0.717, 1.165) is 0 Å². The molecule has 1 aromatic carbocycles. The first-order valence-electron chi connectivity index (χ1n) is 3.38. The molecule has 0 N–H and O–H groups in total. The second-order valence-electron chi connectivity index (χ2n) is 2.49. The van der Waals surface area contributed by atoms with Crippen molar-refractivity contribution in [2.24, 2.45) is 6.66 Å². The molecule has 0 spiro atoms. The van der Waals surface area contributed by atoms with Gasteiger partial charge in [0.25, 0.3) is 0 Å². The van der Waals surface area contributed by atoms with E-state index in [1.54, 1.807) is 0 Å². The highest BCUT2D eigenvalue weighted by Crippen LogP contribution is 2.35. The van der Waals surface area contributed by atoms with Crippen LogP contribution in [0.4, 0.5) is 0 Å². The van der Waals surface area contributed by atoms with E-state index in [2.05, 4.69) is 42.8 Å². The van der Waals surface area contributed by atoms with Gasteiger partial charge in [-0.3, -0.25) is 0 Å². The molecule has 0 saturated heterocycles. The summed E-state index contributed by atoms with van der Waals surface area (Å²) in [6, 6.07) is 10.8. The number of rotatable bonds is 0. The van der Waals surface area contributed by atoms with Crippen LogP contribution in [0.15, 0.2) is 36.1 Å². The van der Waals surface area contributed by atoms with Crippen LogP contribution in [-0.2, 0) is 6.66 Å². The molecule has 1 heterocycles. The van der Waals surface area contributed by atoms with Crippen molar-refractivity contribution in [1.29, 1.82) is 0 Å². The first kappa shape index (κ1) is 6.00. The monoisotopic (exact) mass is 148 g/mol. The van der Waals surface area contributed by atoms with Gasteiger partial charge in [0.15, 0.2) is 0 Å². The maximum Gasteiger partial charge on any atom is 0.000893 e. The lowest BCUT2D eigenvalue weighted by molar-refractivity contribution is 1.86. The molecule has 0 fully saturated rings. The summed E-state index contributed by atoms with van der Waals surface area (Å²) in [7, 11) is 0.0386. The van der Waals surface area contributed by atoms with Crippen LogP contribution < -0.4 is 0 Å². The fourth-order valence-electron chi connectivity index (χ4n) is 1.22. The van der Waals surface area contributed by atoms with Gasteiger partial charge < -0.3 is 0 Å². The van der Waals surface area contributed by atoms with Crippen molar-refractivity contribution in [2.75, 3.05) is 0 Å². The number of hydrogen-bond donors (Lipinski definition) is 0. The van der Waals surface area contributed by atoms with Gasteiger partial charge >= 0.3 is 0 Å². The highest BCUT2D eigenvalue weighted by Gasteiger charge is 1.93. The highest BCUT2D eigenvalue weighted by atomic mass is 31.1. The van der Waals surface area contributed by atoms with E-state index in [9.17, 15) is 0 Å². The Bertz CT molecular complexity index is 346. The van der Waals surface area contributed by atoms with Crippen LogP contribution in [0.2, 0.25) is 0 Å². The molecule has 0 nitrogen and oxygen atoms in total. The van der Waals surface area contributed by atoms with Gasteiger partial charge in [0, 0.05) is 5.12 Å². The van der Waals surface area contributed by atoms with Crippen LogP contribution in [-0.4, -0.2) is 0 Å². The molecule has 50 valence electrons. The second kappa shape index (κ2) is 2.14. The Hall–Kier alpha value is -0.740. The minimum Gasteiger partial charge on any atom is -0.120 e. The van der Waals surface area contributed by atoms with Gasteiger partial charge in [-0.15, -0.1) is 7.53 Å². The Morgan fingerprint density at radius 3 is 2.70 bits per heavy atom. The summed E-state index contributed by atoms with van der Waals surface area (Å²) in [5.74, 6) is 2.31. The molecule has 2 rings (SSSR count). The number of fused-ring (bicyclic) bond motifs is 1. The molecule has 0 amide bonds. The van der Waals surface area contributed by atoms with E-state index >= 15 is 0 Å². The average Bonchev–Trinajstić information content (AvgIpc) is 2.34. The van der Waals surface area contributed by atoms with Gasteiger partial charge in [-0.2, -0.15) is 0 Å². The predicted molar refractivity (Wildman–Crippen MR) is 47.6 cm³/mol. The molecule has 0 aliphatic carbocycles. The van der Waals surface area contributed by atoms with Crippen LogP contribution in [0, 0.1) is 0 Å². The fraction of sp³-hybridized carbons (Fsp3) is 0.111. The highest BCUT2D eigenvalue weighted by molar-refractivity contribution is 7.53. The van der Waals surface area contributed by atoms with Gasteiger partial charge in [0.2, 0.25) is 0 Å². The summed E-state index contributed by atoms with van der Waals surface area (Å²) < 4.78 is 0. The third-order valence-electron chi connectivity index (χ3n) is 1.79. The Balaban J connectivity index is 2.93. The van der Waals surface area contributed by atoms with Crippen LogP contribution in [0.25, 0.3) is 10.5 Å². The molecule has 2 aromatic rings. The minimum absolute atomic E-state index is 0.0386. The molecular formula is C9H9P. The standard InChI is InChI=1S/C9H9P/c1-10-7-6-8-4-2-3-5-9(8)10/h2-7H,1H3. The number of benzene rings is 1. The first-order chi connectivity index (χ1) is 4.88. The molecule has 0 aliphatic rings. The predicted octanol–water partition coefficient (Wildman–Crippen LogP) is 3.36. The Morgan fingerprint density at radius 2 is 1.90 bits per heavy atom. The van der Waals surface area contributed by atoms with Crippen LogP contribution in [0.3, 0.4) is 0 Å². The third kappa shape index (κ3) is 0.767. The topological polar surface area (TPSA) is 0 Å². The van der Waals surface area contributed by atoms with Gasteiger partial charge in [-0.1, -0.05) is 30.3 Å². The van der Waals surface area contributed by atoms with E-state index in [1.165, 1.54) is 10.5 Å². The SMILES string of the molecule is Cp1ccc2ccccc21. The molecule has 1 atom stereocenters. The normalized spacial score (nSPS) is 12.3. The zero-order valence-electron chi connectivity index (χ0n) is 5.91. The van der Waals surface area contributed by atoms with E-state index < -0.39 is 0 Å². The zero-order valence-corrected chi connectivity index (χ0v) is 6.81. The first-order valence-corrected chi connectivity index (χ1v) is 5.24. The van der Waals surface area contributed by atoms with Crippen molar-refractivity contribution < 1.29 is 0 Å². The summed E-state index contributed by atoms with van der Waals surface area (Å²) in [6.07, 6.45) is 0. The summed E-state index contributed by atoms with van der Waals surface area (Å²) >= 11 is 0. The van der Waals surface area contributed by atoms with E-state index in [4.69, 9.17) is 0 Å². The lowest BCUT2D eigenvalue weighted by Gasteiger charge is -1.88. The molecule has 1 heteroatoms. The van der Waals surface area contributed by atoms with E-state index in [0.29, 0.717) is 0 Å². The van der Waals surface area contributed by atoms with Crippen LogP contribution in [0.5, 0.6) is 0 Å². The summed E-state index contributed by atoms with van der Waals surface area (Å²) in [4.78, 5) is 0. The summed E-state index contributed by atoms with van der Waals surface area (Å²) in [5.41, 5.74) is 0. The van der Waals surface area contributed by atoms with Gasteiger partial charge in [0.1, 0.15) is 0 Å². The van der Waals surface area contributed by atoms with Crippen molar-refractivity contribution in [1.82, 2.24) is 0 Å². The molecular weight excluding hydrogens is 139 g/mol. The molecule has 0 saturated carbocycles. The van der Waals surface area contributed by atoms with Crippen molar-refractivity contribution in [3.05, 3.63) is 36.1 Å². The van der Waals surface area contributed by atoms with Crippen molar-refractivity contribution in [3.8, 4) is 0 Å². The second-order valence-corrected chi connectivity index (χ2v) is 4.49. The molecule has 10 heavy (non-hydrogen) atoms. The van der Waals surface area contributed by atoms with Crippen molar-refractivity contribution in [2.45, 2.75) is 0 Å². The molecule has 0 aliphatic heterocycles. The lowest BCUT2D eigenvalue weighted by Crippen LogP contribution is -1.57. The van der Waals surface area contributed by atoms with E-state index in [-0.39, 0.29) is 7.53 Å². The van der Waals surface area contributed by atoms with E-state index in [1.807, 2.05) is 0 Å². The molecule has 1 unspecified atom stereocenters. The third-order valence-corrected chi connectivity index (χ3v) is 3.56. The summed E-state index contributed by atoms with van der Waals surface area (Å²) in [6.45, 7) is 2.29. The van der Waals surface area contributed by atoms with Crippen LogP contribution >= 0.6 is 7.53 Å². The Kier molecular flexibility index (Phi) is 1.28. The molecule has 0 bridgehead atoms. The largest absolute Gasteiger partial charge is 0.120 e. The fourth-order valence-corrected chi connectivity index (χ4v) is 2.64. The van der Waals surface area contributed by atoms with Gasteiger partial charge in [-0.25, -0.2) is 0 Å². The summed E-state index contributed by atoms with van der Waals surface area (Å²) in [5, 5.41) is 2.94. The maximum absolute atomic E-state index is 2.31. The minimum atomic E-state index is 0.0386. The van der Waals surface area contributed by atoms with Gasteiger partial charge in [0.05, 0.1) is 0 Å². The van der Waals surface area contributed by atoms with Gasteiger partial charge in [-0.05, 0) is 17.8 Å². The van der Waals surface area contributed by atoms with Crippen molar-refractivity contribution >= 4 is 18.0 Å². The molecule has 0 radical (unpaired) electrons. The smallest absolute Gasteiger partial charge is 0.000893 e. The Morgan fingerprint density at radius 1 is 1.10 bits per heavy atom. The Labute approximate surface area is 61.5 Å². The average molecular weight is 148 g/mol. The quantitative estimate of drug-likeness (QED) is 0.537. The molecule has 1 aromatic heterocycles. The lowest BCUT2D eigenvalue weighted by atomic mass is 10.3. The number of hydrogen-bond acceptors (Lipinski definition) is 0. The van der Waals surface area contributed by atoms with Crippen molar-refractivity contribution in [3.63, 3.8) is 0 Å².